The lowest BCUT2D eigenvalue weighted by molar-refractivity contribution is 1.18. The number of rotatable bonds is 3. The lowest BCUT2D eigenvalue weighted by Gasteiger charge is -2.14. The molecular formula is C48H30N2. The molecule has 0 fully saturated rings. The Morgan fingerprint density at radius 2 is 0.760 bits per heavy atom. The van der Waals surface area contributed by atoms with Gasteiger partial charge in [0.1, 0.15) is 0 Å². The van der Waals surface area contributed by atoms with Gasteiger partial charge in [0.2, 0.25) is 0 Å². The second-order valence-electron chi connectivity index (χ2n) is 12.1. The van der Waals surface area contributed by atoms with Crippen LogP contribution in [-0.2, 0) is 0 Å². The van der Waals surface area contributed by atoms with Crippen LogP contribution in [0.1, 0.15) is 21.9 Å². The van der Waals surface area contributed by atoms with E-state index in [9.17, 15) is 4.11 Å². The van der Waals surface area contributed by atoms with E-state index < -0.39 is 78.6 Å². The van der Waals surface area contributed by atoms with Gasteiger partial charge in [0.25, 0.3) is 0 Å². The van der Waals surface area contributed by atoms with Crippen LogP contribution in [0.3, 0.4) is 0 Å². The Morgan fingerprint density at radius 3 is 1.32 bits per heavy atom. The molecule has 0 N–H and O–H groups in total. The van der Waals surface area contributed by atoms with Crippen LogP contribution in [0.2, 0.25) is 0 Å². The molecule has 0 spiro atoms. The lowest BCUT2D eigenvalue weighted by atomic mass is 9.94. The molecule has 0 saturated carbocycles. The van der Waals surface area contributed by atoms with Gasteiger partial charge < -0.3 is 9.13 Å². The van der Waals surface area contributed by atoms with E-state index in [4.69, 9.17) is 17.8 Å². The first-order valence-corrected chi connectivity index (χ1v) is 16.0. The molecule has 0 amide bonds. The number of aromatic nitrogens is 2. The van der Waals surface area contributed by atoms with Gasteiger partial charge in [0, 0.05) is 32.9 Å². The van der Waals surface area contributed by atoms with E-state index in [0.717, 1.165) is 32.7 Å². The summed E-state index contributed by atoms with van der Waals surface area (Å²) in [7, 11) is 0. The number of benzene rings is 9. The van der Waals surface area contributed by atoms with Crippen molar-refractivity contribution in [1.29, 1.82) is 0 Å². The Kier molecular flexibility index (Phi) is 3.37. The summed E-state index contributed by atoms with van der Waals surface area (Å²) in [5.74, 6) is 0. The summed E-state index contributed by atoms with van der Waals surface area (Å²) < 4.78 is 145. The van der Waals surface area contributed by atoms with Gasteiger partial charge in [0.05, 0.1) is 44.0 Å². The molecule has 50 heavy (non-hydrogen) atoms. The highest BCUT2D eigenvalue weighted by Gasteiger charge is 2.17. The molecule has 9 aromatic carbocycles. The summed E-state index contributed by atoms with van der Waals surface area (Å²) >= 11 is 0. The average Bonchev–Trinajstić information content (AvgIpc) is 3.82. The van der Waals surface area contributed by atoms with Gasteiger partial charge in [-0.25, -0.2) is 0 Å². The Morgan fingerprint density at radius 1 is 0.320 bits per heavy atom. The molecule has 0 aliphatic heterocycles. The number of hydrogen-bond donors (Lipinski definition) is 0. The van der Waals surface area contributed by atoms with E-state index >= 15 is 0 Å². The van der Waals surface area contributed by atoms with Crippen molar-refractivity contribution < 1.29 is 21.9 Å². The van der Waals surface area contributed by atoms with Gasteiger partial charge in [-0.15, -0.1) is 0 Å². The van der Waals surface area contributed by atoms with Crippen molar-refractivity contribution in [3.05, 3.63) is 182 Å². The highest BCUT2D eigenvalue weighted by atomic mass is 15.0. The molecule has 2 nitrogen and oxygen atoms in total. The second-order valence-corrected chi connectivity index (χ2v) is 12.1. The van der Waals surface area contributed by atoms with E-state index in [1.807, 2.05) is 78.9 Å². The van der Waals surface area contributed by atoms with Crippen molar-refractivity contribution in [3.8, 4) is 22.5 Å². The molecule has 0 aliphatic rings. The van der Waals surface area contributed by atoms with Gasteiger partial charge in [-0.05, 0) is 104 Å². The minimum atomic E-state index is -0.634. The molecule has 0 atom stereocenters. The van der Waals surface area contributed by atoms with E-state index in [-0.39, 0.29) is 61.8 Å². The van der Waals surface area contributed by atoms with Crippen LogP contribution < -0.4 is 0 Å². The predicted octanol–water partition coefficient (Wildman–Crippen LogP) is 13.0. The van der Waals surface area contributed by atoms with Crippen LogP contribution in [0.5, 0.6) is 0 Å². The maximum absolute atomic E-state index is 9.89. The summed E-state index contributed by atoms with van der Waals surface area (Å²) in [6, 6.07) is 18.1. The first-order valence-electron chi connectivity index (χ1n) is 24.0. The zero-order valence-corrected chi connectivity index (χ0v) is 26.0. The van der Waals surface area contributed by atoms with Crippen molar-refractivity contribution in [2.24, 2.45) is 0 Å². The van der Waals surface area contributed by atoms with Crippen molar-refractivity contribution in [3.63, 3.8) is 0 Å². The predicted molar refractivity (Wildman–Crippen MR) is 213 cm³/mol. The van der Waals surface area contributed by atoms with E-state index in [2.05, 4.69) is 0 Å². The van der Waals surface area contributed by atoms with Crippen LogP contribution in [-0.4, -0.2) is 9.13 Å². The van der Waals surface area contributed by atoms with E-state index in [1.165, 1.54) is 0 Å². The van der Waals surface area contributed by atoms with Gasteiger partial charge in [0.15, 0.2) is 0 Å². The highest BCUT2D eigenvalue weighted by Crippen LogP contribution is 2.40. The molecule has 0 unspecified atom stereocenters. The quantitative estimate of drug-likeness (QED) is 0.168. The maximum Gasteiger partial charge on any atom is 0.0652 e. The molecule has 2 aromatic heterocycles. The zero-order valence-electron chi connectivity index (χ0n) is 42.0. The third-order valence-corrected chi connectivity index (χ3v) is 9.54. The van der Waals surface area contributed by atoms with Gasteiger partial charge >= 0.3 is 0 Å². The molecular weight excluding hydrogens is 605 g/mol. The standard InChI is InChI=1S/C48H30N2/c1-2-12-33(13-3-1)49-45-20-10-8-18-40(45)43-28-31(22-26-47(43)49)32-23-27-48-44(29-32)41-19-9-11-21-46(41)50(48)34-24-25-39-37-16-5-4-14-35(37)36-15-6-7-17-38(36)42(39)30-34/h1-30H/i1D,2D,3D,4D,5D,6D,7D,12D,13D,14D,15D,16D,17D,24D,25D,30D. The third-order valence-electron chi connectivity index (χ3n) is 9.54. The average molecular weight is 651 g/mol. The molecule has 11 aromatic rings. The number of hydrogen-bond acceptors (Lipinski definition) is 0. The third kappa shape index (κ3) is 3.85. The van der Waals surface area contributed by atoms with Crippen LogP contribution in [0.15, 0.2) is 182 Å². The molecule has 0 radical (unpaired) electrons. The van der Waals surface area contributed by atoms with Crippen LogP contribution in [0.25, 0.3) is 98.4 Å². The number of nitrogens with zero attached hydrogens (tertiary/aromatic N) is 2. The normalized spacial score (nSPS) is 16.5. The molecule has 11 rings (SSSR count). The molecule has 0 bridgehead atoms. The Hall–Kier alpha value is -6.64. The van der Waals surface area contributed by atoms with Crippen LogP contribution >= 0.6 is 0 Å². The Labute approximate surface area is 311 Å². The SMILES string of the molecule is [2H]c1c([2H])c([2H])c(-n2c3ccccc3c3cc(-c4ccc5c(c4)c4ccccc4n5-c4c([2H])c([2H])c5c6c([2H])c([2H])c([2H])c([2H])c6c6c([2H])c([2H])c([2H])c([2H])c6c5c4[2H])ccc32)c([2H])c1[2H]. The first-order chi connectivity index (χ1) is 31.5. The monoisotopic (exact) mass is 650 g/mol. The van der Waals surface area contributed by atoms with Crippen molar-refractivity contribution in [1.82, 2.24) is 9.13 Å². The van der Waals surface area contributed by atoms with Crippen molar-refractivity contribution in [2.75, 3.05) is 0 Å². The van der Waals surface area contributed by atoms with Gasteiger partial charge in [-0.3, -0.25) is 0 Å². The minimum absolute atomic E-state index is 0.0344. The van der Waals surface area contributed by atoms with Crippen molar-refractivity contribution >= 4 is 75.9 Å². The summed E-state index contributed by atoms with van der Waals surface area (Å²) in [5.41, 5.74) is 3.94. The summed E-state index contributed by atoms with van der Waals surface area (Å²) in [6.07, 6.45) is 0. The van der Waals surface area contributed by atoms with Crippen molar-refractivity contribution in [2.45, 2.75) is 0 Å². The maximum atomic E-state index is 9.89. The van der Waals surface area contributed by atoms with Gasteiger partial charge in [-0.2, -0.15) is 0 Å². The molecule has 2 heteroatoms. The number of para-hydroxylation sites is 3. The van der Waals surface area contributed by atoms with Crippen LogP contribution in [0.4, 0.5) is 0 Å². The first kappa shape index (κ1) is 16.2. The zero-order chi connectivity index (χ0) is 46.7. The molecule has 0 saturated heterocycles. The fraction of sp³-hybridized carbons (Fsp3) is 0. The summed E-state index contributed by atoms with van der Waals surface area (Å²) in [6.45, 7) is 0. The molecule has 2 heterocycles. The minimum Gasteiger partial charge on any atom is -0.309 e. The van der Waals surface area contributed by atoms with Gasteiger partial charge in [-0.1, -0.05) is 121 Å². The van der Waals surface area contributed by atoms with Crippen LogP contribution in [0, 0.1) is 0 Å². The fourth-order valence-electron chi connectivity index (χ4n) is 7.40. The summed E-state index contributed by atoms with van der Waals surface area (Å²) in [5, 5.41) is 1.83. The molecule has 0 aliphatic carbocycles. The van der Waals surface area contributed by atoms with E-state index in [1.54, 1.807) is 15.2 Å². The fourth-order valence-corrected chi connectivity index (χ4v) is 7.40. The molecule has 232 valence electrons. The highest BCUT2D eigenvalue weighted by molar-refractivity contribution is 6.25. The largest absolute Gasteiger partial charge is 0.309 e. The number of fused-ring (bicyclic) bond motifs is 12. The lowest BCUT2D eigenvalue weighted by Crippen LogP contribution is -1.94. The summed E-state index contributed by atoms with van der Waals surface area (Å²) in [4.78, 5) is 0. The Bertz CT molecular complexity index is 4000. The van der Waals surface area contributed by atoms with E-state index in [0.29, 0.717) is 22.1 Å². The topological polar surface area (TPSA) is 9.86 Å². The smallest absolute Gasteiger partial charge is 0.0652 e. The Balaban J connectivity index is 1.19. The second kappa shape index (κ2) is 10.4.